The van der Waals surface area contributed by atoms with E-state index in [2.05, 4.69) is 10.6 Å². The molecule has 2 fully saturated rings. The van der Waals surface area contributed by atoms with Crippen molar-refractivity contribution in [2.75, 3.05) is 46.2 Å². The second-order valence-corrected chi connectivity index (χ2v) is 9.94. The van der Waals surface area contributed by atoms with Crippen molar-refractivity contribution in [2.45, 2.75) is 103 Å². The maximum absolute atomic E-state index is 11.3. The number of ether oxygens (including phenoxy) is 4. The Morgan fingerprint density at radius 2 is 1.24 bits per heavy atom. The van der Waals surface area contributed by atoms with E-state index in [9.17, 15) is 9.59 Å². The van der Waals surface area contributed by atoms with Crippen LogP contribution in [-0.2, 0) is 23.7 Å². The first kappa shape index (κ1) is 30.6. The summed E-state index contributed by atoms with van der Waals surface area (Å²) in [7, 11) is 0. The highest BCUT2D eigenvalue weighted by atomic mass is 16.6. The minimum atomic E-state index is -1.00. The highest BCUT2D eigenvalue weighted by Gasteiger charge is 2.19. The predicted octanol–water partition coefficient (Wildman–Crippen LogP) is 3.89. The summed E-state index contributed by atoms with van der Waals surface area (Å²) in [5.41, 5.74) is -0.512. The van der Waals surface area contributed by atoms with E-state index in [0.717, 1.165) is 12.1 Å². The molecule has 9 nitrogen and oxygen atoms in total. The molecule has 3 N–H and O–H groups in total. The molecule has 9 heteroatoms. The lowest BCUT2D eigenvalue weighted by Crippen LogP contribution is -2.40. The van der Waals surface area contributed by atoms with Crippen molar-refractivity contribution in [3.8, 4) is 0 Å². The number of carbonyl (C=O) groups excluding carboxylic acids is 1. The van der Waals surface area contributed by atoms with E-state index in [1.54, 1.807) is 20.8 Å². The molecule has 2 aliphatic rings. The Balaban J connectivity index is 0.000000375. The predicted molar refractivity (Wildman–Crippen MR) is 131 cm³/mol. The molecule has 2 saturated carbocycles. The van der Waals surface area contributed by atoms with Gasteiger partial charge in [-0.05, 0) is 46.5 Å². The average Bonchev–Trinajstić information content (AvgIpc) is 2.78. The monoisotopic (exact) mass is 488 g/mol. The quantitative estimate of drug-likeness (QED) is 0.335. The molecule has 0 radical (unpaired) electrons. The summed E-state index contributed by atoms with van der Waals surface area (Å²) in [6.07, 6.45) is 14.1. The zero-order valence-corrected chi connectivity index (χ0v) is 21.6. The van der Waals surface area contributed by atoms with Crippen LogP contribution in [0.5, 0.6) is 0 Å². The lowest BCUT2D eigenvalue weighted by molar-refractivity contribution is -0.142. The van der Waals surface area contributed by atoms with Crippen LogP contribution in [0.3, 0.4) is 0 Å². The summed E-state index contributed by atoms with van der Waals surface area (Å²) in [5.74, 6) is -1.00. The molecule has 0 atom stereocenters. The minimum Gasteiger partial charge on any atom is -0.480 e. The molecule has 0 heterocycles. The van der Waals surface area contributed by atoms with E-state index in [1.165, 1.54) is 64.2 Å². The SMILES string of the molecule is C1CCC(NC2CCCCC2)CC1.CC(C)(C)OC(=O)NCCOCCOCCOCC(=O)O. The number of hydrogen-bond donors (Lipinski definition) is 3. The van der Waals surface area contributed by atoms with Gasteiger partial charge in [0.2, 0.25) is 0 Å². The molecule has 0 bridgehead atoms. The van der Waals surface area contributed by atoms with Crippen LogP contribution in [0, 0.1) is 0 Å². The first-order chi connectivity index (χ1) is 16.3. The highest BCUT2D eigenvalue weighted by Crippen LogP contribution is 2.22. The Morgan fingerprint density at radius 1 is 0.765 bits per heavy atom. The Morgan fingerprint density at radius 3 is 1.71 bits per heavy atom. The van der Waals surface area contributed by atoms with E-state index >= 15 is 0 Å². The van der Waals surface area contributed by atoms with Gasteiger partial charge in [-0.15, -0.1) is 0 Å². The van der Waals surface area contributed by atoms with E-state index in [-0.39, 0.29) is 13.2 Å². The van der Waals surface area contributed by atoms with Crippen LogP contribution >= 0.6 is 0 Å². The number of rotatable bonds is 13. The third-order valence-corrected chi connectivity index (χ3v) is 5.57. The van der Waals surface area contributed by atoms with Gasteiger partial charge < -0.3 is 34.7 Å². The number of aliphatic carboxylic acids is 1. The average molecular weight is 489 g/mol. The van der Waals surface area contributed by atoms with Crippen molar-refractivity contribution < 1.29 is 33.6 Å². The van der Waals surface area contributed by atoms with Gasteiger partial charge in [-0.1, -0.05) is 38.5 Å². The number of nitrogens with one attached hydrogen (secondary N) is 2. The smallest absolute Gasteiger partial charge is 0.407 e. The molecule has 0 aliphatic heterocycles. The van der Waals surface area contributed by atoms with E-state index in [1.807, 2.05) is 0 Å². The normalized spacial score (nSPS) is 17.5. The Labute approximate surface area is 205 Å². The van der Waals surface area contributed by atoms with Crippen LogP contribution in [0.15, 0.2) is 0 Å². The van der Waals surface area contributed by atoms with Gasteiger partial charge in [-0.3, -0.25) is 0 Å². The summed E-state index contributed by atoms with van der Waals surface area (Å²) < 4.78 is 20.2. The molecule has 200 valence electrons. The van der Waals surface area contributed by atoms with Crippen molar-refractivity contribution >= 4 is 12.1 Å². The summed E-state index contributed by atoms with van der Waals surface area (Å²) in [5, 5.41) is 14.7. The molecule has 0 aromatic rings. The van der Waals surface area contributed by atoms with Crippen molar-refractivity contribution in [1.29, 1.82) is 0 Å². The second-order valence-electron chi connectivity index (χ2n) is 9.94. The molecule has 2 rings (SSSR count). The van der Waals surface area contributed by atoms with Gasteiger partial charge in [0.15, 0.2) is 0 Å². The maximum Gasteiger partial charge on any atom is 0.407 e. The highest BCUT2D eigenvalue weighted by molar-refractivity contribution is 5.68. The zero-order chi connectivity index (χ0) is 25.1. The molecule has 0 aromatic heterocycles. The Hall–Kier alpha value is -1.42. The van der Waals surface area contributed by atoms with Crippen LogP contribution in [0.1, 0.15) is 85.0 Å². The topological polar surface area (TPSA) is 115 Å². The molecule has 2 aliphatic carbocycles. The molecule has 0 spiro atoms. The third-order valence-electron chi connectivity index (χ3n) is 5.57. The van der Waals surface area contributed by atoms with Gasteiger partial charge in [0.25, 0.3) is 0 Å². The second kappa shape index (κ2) is 18.9. The number of hydrogen-bond acceptors (Lipinski definition) is 7. The van der Waals surface area contributed by atoms with Crippen molar-refractivity contribution in [3.63, 3.8) is 0 Å². The molecule has 0 saturated heterocycles. The van der Waals surface area contributed by atoms with Gasteiger partial charge in [0.05, 0.1) is 33.0 Å². The summed E-state index contributed by atoms with van der Waals surface area (Å²) in [6, 6.07) is 1.74. The molecular formula is C25H48N2O7. The standard InChI is InChI=1S/C13H25NO7.C12H23N/c1-13(2,3)21-12(17)14-4-5-18-6-7-19-8-9-20-10-11(15)16;1-3-7-11(8-4-1)13-12-9-5-2-6-10-12/h4-10H2,1-3H3,(H,14,17)(H,15,16);11-13H,1-10H2. The van der Waals surface area contributed by atoms with Crippen LogP contribution in [0.25, 0.3) is 0 Å². The van der Waals surface area contributed by atoms with Gasteiger partial charge >= 0.3 is 12.1 Å². The van der Waals surface area contributed by atoms with Gasteiger partial charge in [-0.2, -0.15) is 0 Å². The molecule has 34 heavy (non-hydrogen) atoms. The number of carbonyl (C=O) groups is 2. The molecule has 0 aromatic carbocycles. The van der Waals surface area contributed by atoms with E-state index in [0.29, 0.717) is 33.0 Å². The summed E-state index contributed by atoms with van der Waals surface area (Å²) in [6.45, 7) is 7.07. The number of alkyl carbamates (subject to hydrolysis) is 1. The van der Waals surface area contributed by atoms with Crippen LogP contribution in [-0.4, -0.2) is 81.0 Å². The summed E-state index contributed by atoms with van der Waals surface area (Å²) >= 11 is 0. The van der Waals surface area contributed by atoms with Crippen LogP contribution in [0.2, 0.25) is 0 Å². The minimum absolute atomic E-state index is 0.229. The van der Waals surface area contributed by atoms with E-state index < -0.39 is 17.7 Å². The lowest BCUT2D eigenvalue weighted by atomic mass is 9.91. The van der Waals surface area contributed by atoms with Crippen molar-refractivity contribution in [3.05, 3.63) is 0 Å². The first-order valence-electron chi connectivity index (χ1n) is 12.9. The van der Waals surface area contributed by atoms with Crippen molar-refractivity contribution in [1.82, 2.24) is 10.6 Å². The Bertz CT molecular complexity index is 512. The van der Waals surface area contributed by atoms with Gasteiger partial charge in [-0.25, -0.2) is 9.59 Å². The molecule has 0 unspecified atom stereocenters. The number of carboxylic acid groups (broad SMARTS) is 1. The zero-order valence-electron chi connectivity index (χ0n) is 21.6. The largest absolute Gasteiger partial charge is 0.480 e. The third kappa shape index (κ3) is 18.9. The van der Waals surface area contributed by atoms with Gasteiger partial charge in [0.1, 0.15) is 12.2 Å². The van der Waals surface area contributed by atoms with Crippen molar-refractivity contribution in [2.24, 2.45) is 0 Å². The fraction of sp³-hybridized carbons (Fsp3) is 0.920. The molecular weight excluding hydrogens is 440 g/mol. The Kier molecular flexibility index (Phi) is 17.0. The van der Waals surface area contributed by atoms with E-state index in [4.69, 9.17) is 24.1 Å². The lowest BCUT2D eigenvalue weighted by Gasteiger charge is -2.30. The molecule has 1 amide bonds. The fourth-order valence-corrected chi connectivity index (χ4v) is 4.01. The number of carboxylic acids is 1. The first-order valence-corrected chi connectivity index (χ1v) is 12.9. The van der Waals surface area contributed by atoms with Crippen LogP contribution in [0.4, 0.5) is 4.79 Å². The maximum atomic E-state index is 11.3. The van der Waals surface area contributed by atoms with Gasteiger partial charge in [0, 0.05) is 18.6 Å². The summed E-state index contributed by atoms with van der Waals surface area (Å²) in [4.78, 5) is 21.4. The van der Waals surface area contributed by atoms with Crippen LogP contribution < -0.4 is 10.6 Å². The number of amides is 1. The fourth-order valence-electron chi connectivity index (χ4n) is 4.01.